The van der Waals surface area contributed by atoms with E-state index >= 15 is 0 Å². The molecular weight excluding hydrogens is 228 g/mol. The summed E-state index contributed by atoms with van der Waals surface area (Å²) in [6.07, 6.45) is 1.77. The highest BCUT2D eigenvalue weighted by atomic mass is 16.7. The molecule has 0 bridgehead atoms. The Labute approximate surface area is 108 Å². The molecule has 3 heteroatoms. The zero-order valence-electron chi connectivity index (χ0n) is 11.2. The summed E-state index contributed by atoms with van der Waals surface area (Å²) in [6.45, 7) is 6.29. The molecule has 0 N–H and O–H groups in total. The maximum atomic E-state index is 11.6. The molecule has 3 nitrogen and oxygen atoms in total. The number of hydrogen-bond donors (Lipinski definition) is 0. The van der Waals surface area contributed by atoms with Crippen LogP contribution in [0.2, 0.25) is 0 Å². The molecule has 0 aromatic heterocycles. The summed E-state index contributed by atoms with van der Waals surface area (Å²) in [4.78, 5) is 11.6. The van der Waals surface area contributed by atoms with Crippen LogP contribution in [0.3, 0.4) is 0 Å². The van der Waals surface area contributed by atoms with Crippen molar-refractivity contribution < 1.29 is 14.3 Å². The minimum atomic E-state index is -0.503. The number of carbonyl (C=O) groups excluding carboxylic acids is 1. The second-order valence-corrected chi connectivity index (χ2v) is 4.80. The number of benzene rings is 1. The molecule has 2 atom stereocenters. The highest BCUT2D eigenvalue weighted by Gasteiger charge is 2.59. The van der Waals surface area contributed by atoms with Crippen LogP contribution in [0, 0.1) is 0 Å². The van der Waals surface area contributed by atoms with Crippen molar-refractivity contribution in [2.24, 2.45) is 0 Å². The fourth-order valence-corrected chi connectivity index (χ4v) is 2.21. The zero-order valence-corrected chi connectivity index (χ0v) is 11.2. The fourth-order valence-electron chi connectivity index (χ4n) is 2.21. The van der Waals surface area contributed by atoms with Crippen LogP contribution in [0.5, 0.6) is 0 Å². The van der Waals surface area contributed by atoms with Gasteiger partial charge in [-0.3, -0.25) is 0 Å². The highest BCUT2D eigenvalue weighted by molar-refractivity contribution is 5.79. The lowest BCUT2D eigenvalue weighted by atomic mass is 9.95. The molecule has 0 amide bonds. The summed E-state index contributed by atoms with van der Waals surface area (Å²) in [5.41, 5.74) is 1.86. The Hall–Kier alpha value is -1.35. The minimum absolute atomic E-state index is 0.266. The molecular formula is C15H20O3. The van der Waals surface area contributed by atoms with Gasteiger partial charge >= 0.3 is 5.97 Å². The van der Waals surface area contributed by atoms with E-state index in [1.54, 1.807) is 6.92 Å². The molecule has 1 aromatic carbocycles. The van der Waals surface area contributed by atoms with Crippen LogP contribution in [0.4, 0.5) is 0 Å². The maximum Gasteiger partial charge on any atom is 0.338 e. The van der Waals surface area contributed by atoms with E-state index in [4.69, 9.17) is 9.47 Å². The van der Waals surface area contributed by atoms with Gasteiger partial charge in [-0.2, -0.15) is 0 Å². The molecule has 1 fully saturated rings. The number of ether oxygens (including phenoxy) is 2. The van der Waals surface area contributed by atoms with E-state index in [0.29, 0.717) is 6.61 Å². The zero-order chi connectivity index (χ0) is 13.2. The highest BCUT2D eigenvalue weighted by Crippen LogP contribution is 2.46. The predicted octanol–water partition coefficient (Wildman–Crippen LogP) is 2.82. The molecule has 18 heavy (non-hydrogen) atoms. The van der Waals surface area contributed by atoms with Crippen molar-refractivity contribution in [2.75, 3.05) is 6.61 Å². The van der Waals surface area contributed by atoms with Gasteiger partial charge in [0.2, 0.25) is 0 Å². The van der Waals surface area contributed by atoms with Gasteiger partial charge in [-0.1, -0.05) is 37.6 Å². The van der Waals surface area contributed by atoms with Gasteiger partial charge in [-0.25, -0.2) is 4.79 Å². The monoisotopic (exact) mass is 248 g/mol. The van der Waals surface area contributed by atoms with Crippen molar-refractivity contribution in [1.82, 2.24) is 0 Å². The number of hydrogen-bond acceptors (Lipinski definition) is 3. The Kier molecular flexibility index (Phi) is 3.71. The SMILES string of the molecule is CCCc1ccc(C2(C)OC2C(=O)OCC)cc1. The third-order valence-electron chi connectivity index (χ3n) is 3.37. The van der Waals surface area contributed by atoms with Crippen molar-refractivity contribution >= 4 is 5.97 Å². The van der Waals surface area contributed by atoms with Crippen molar-refractivity contribution in [2.45, 2.75) is 45.3 Å². The summed E-state index contributed by atoms with van der Waals surface area (Å²) in [5, 5.41) is 0. The quantitative estimate of drug-likeness (QED) is 0.594. The molecule has 1 aromatic rings. The second kappa shape index (κ2) is 5.11. The predicted molar refractivity (Wildman–Crippen MR) is 69.3 cm³/mol. The molecule has 0 saturated carbocycles. The molecule has 0 radical (unpaired) electrons. The van der Waals surface area contributed by atoms with Gasteiger partial charge in [0, 0.05) is 0 Å². The Morgan fingerprint density at radius 3 is 2.56 bits per heavy atom. The lowest BCUT2D eigenvalue weighted by Gasteiger charge is -2.08. The maximum absolute atomic E-state index is 11.6. The normalized spacial score (nSPS) is 25.8. The van der Waals surface area contributed by atoms with Crippen molar-refractivity contribution in [3.05, 3.63) is 35.4 Å². The standard InChI is InChI=1S/C15H20O3/c1-4-6-11-7-9-12(10-8-11)15(3)13(18-15)14(16)17-5-2/h7-10,13H,4-6H2,1-3H3. The first-order valence-electron chi connectivity index (χ1n) is 6.55. The van der Waals surface area contributed by atoms with Gasteiger partial charge in [0.1, 0.15) is 5.60 Å². The van der Waals surface area contributed by atoms with Crippen LogP contribution in [0.15, 0.2) is 24.3 Å². The van der Waals surface area contributed by atoms with E-state index in [1.807, 2.05) is 19.1 Å². The van der Waals surface area contributed by atoms with Crippen LogP contribution in [0.25, 0.3) is 0 Å². The van der Waals surface area contributed by atoms with E-state index < -0.39 is 11.7 Å². The molecule has 98 valence electrons. The van der Waals surface area contributed by atoms with Gasteiger partial charge in [0.05, 0.1) is 6.61 Å². The third kappa shape index (κ3) is 2.41. The molecule has 0 spiro atoms. The van der Waals surface area contributed by atoms with Gasteiger partial charge < -0.3 is 9.47 Å². The lowest BCUT2D eigenvalue weighted by Crippen LogP contribution is -2.18. The fraction of sp³-hybridized carbons (Fsp3) is 0.533. The van der Waals surface area contributed by atoms with Crippen molar-refractivity contribution in [3.63, 3.8) is 0 Å². The van der Waals surface area contributed by atoms with Crippen molar-refractivity contribution in [3.8, 4) is 0 Å². The van der Waals surface area contributed by atoms with Gasteiger partial charge in [-0.05, 0) is 31.4 Å². The van der Waals surface area contributed by atoms with Crippen LogP contribution in [-0.2, 0) is 26.3 Å². The largest absolute Gasteiger partial charge is 0.464 e. The molecule has 2 unspecified atom stereocenters. The lowest BCUT2D eigenvalue weighted by molar-refractivity contribution is -0.144. The molecule has 1 heterocycles. The first kappa shape index (κ1) is 13.1. The molecule has 1 aliphatic heterocycles. The van der Waals surface area contributed by atoms with Crippen molar-refractivity contribution in [1.29, 1.82) is 0 Å². The number of carbonyl (C=O) groups is 1. The number of epoxide rings is 1. The van der Waals surface area contributed by atoms with Crippen LogP contribution >= 0.6 is 0 Å². The molecule has 1 aliphatic rings. The van der Waals surface area contributed by atoms with Gasteiger partial charge in [0.15, 0.2) is 6.10 Å². The minimum Gasteiger partial charge on any atom is -0.464 e. The van der Waals surface area contributed by atoms with E-state index in [-0.39, 0.29) is 5.97 Å². The molecule has 0 aliphatic carbocycles. The van der Waals surface area contributed by atoms with E-state index in [0.717, 1.165) is 18.4 Å². The summed E-state index contributed by atoms with van der Waals surface area (Å²) < 4.78 is 10.5. The number of aryl methyl sites for hydroxylation is 1. The number of rotatable bonds is 5. The van der Waals surface area contributed by atoms with Crippen LogP contribution < -0.4 is 0 Å². The van der Waals surface area contributed by atoms with Gasteiger partial charge in [-0.15, -0.1) is 0 Å². The number of esters is 1. The van der Waals surface area contributed by atoms with Crippen LogP contribution in [0.1, 0.15) is 38.3 Å². The topological polar surface area (TPSA) is 38.8 Å². The van der Waals surface area contributed by atoms with Gasteiger partial charge in [0.25, 0.3) is 0 Å². The first-order valence-corrected chi connectivity index (χ1v) is 6.55. The summed E-state index contributed by atoms with van der Waals surface area (Å²) in [5.74, 6) is -0.266. The summed E-state index contributed by atoms with van der Waals surface area (Å²) in [6, 6.07) is 8.30. The van der Waals surface area contributed by atoms with E-state index in [2.05, 4.69) is 19.1 Å². The molecule has 1 saturated heterocycles. The van der Waals surface area contributed by atoms with E-state index in [1.165, 1.54) is 5.56 Å². The Bertz CT molecular complexity index is 424. The van der Waals surface area contributed by atoms with Crippen LogP contribution in [-0.4, -0.2) is 18.7 Å². The smallest absolute Gasteiger partial charge is 0.338 e. The average Bonchev–Trinajstić information content (AvgIpc) is 3.05. The molecule has 2 rings (SSSR count). The Balaban J connectivity index is 2.06. The summed E-state index contributed by atoms with van der Waals surface area (Å²) in [7, 11) is 0. The average molecular weight is 248 g/mol. The first-order chi connectivity index (χ1) is 8.61. The van der Waals surface area contributed by atoms with E-state index in [9.17, 15) is 4.79 Å². The summed E-state index contributed by atoms with van der Waals surface area (Å²) >= 11 is 0. The second-order valence-electron chi connectivity index (χ2n) is 4.80. The Morgan fingerprint density at radius 1 is 1.33 bits per heavy atom. The Morgan fingerprint density at radius 2 is 2.00 bits per heavy atom. The third-order valence-corrected chi connectivity index (χ3v) is 3.37.